The first-order valence-electron chi connectivity index (χ1n) is 6.43. The van der Waals surface area contributed by atoms with E-state index in [1.165, 1.54) is 38.5 Å². The van der Waals surface area contributed by atoms with Crippen molar-refractivity contribution >= 4 is 5.97 Å². The number of hydrogen-bond donors (Lipinski definition) is 2. The second-order valence-corrected chi connectivity index (χ2v) is 5.03. The maximum atomic E-state index is 10.8. The van der Waals surface area contributed by atoms with Crippen molar-refractivity contribution in [1.29, 1.82) is 0 Å². The summed E-state index contributed by atoms with van der Waals surface area (Å²) in [5, 5.41) is 12.5. The third-order valence-electron chi connectivity index (χ3n) is 3.71. The van der Waals surface area contributed by atoms with E-state index in [4.69, 9.17) is 5.11 Å². The maximum absolute atomic E-state index is 10.8. The van der Waals surface area contributed by atoms with E-state index < -0.39 is 5.97 Å². The summed E-state index contributed by atoms with van der Waals surface area (Å²) in [4.78, 5) is 10.8. The van der Waals surface area contributed by atoms with Crippen molar-refractivity contribution in [2.24, 2.45) is 5.92 Å². The first kappa shape index (κ1) is 11.6. The Kier molecular flexibility index (Phi) is 3.99. The number of nitrogens with one attached hydrogen (secondary N) is 1. The first-order valence-corrected chi connectivity index (χ1v) is 6.43. The van der Waals surface area contributed by atoms with Crippen LogP contribution in [0.15, 0.2) is 12.2 Å². The average Bonchev–Trinajstić information content (AvgIpc) is 2.56. The Labute approximate surface area is 96.9 Å². The van der Waals surface area contributed by atoms with Crippen LogP contribution in [0.5, 0.6) is 0 Å². The van der Waals surface area contributed by atoms with E-state index in [0.717, 1.165) is 6.42 Å². The molecule has 90 valence electrons. The molecule has 0 aromatic carbocycles. The van der Waals surface area contributed by atoms with Crippen LogP contribution in [-0.4, -0.2) is 23.2 Å². The van der Waals surface area contributed by atoms with Crippen molar-refractivity contribution in [1.82, 2.24) is 5.32 Å². The predicted molar refractivity (Wildman–Crippen MR) is 63.3 cm³/mol. The SMILES string of the molecule is O=C(O)C1C=CC(NC2CCCCCC2)C1. The van der Waals surface area contributed by atoms with Gasteiger partial charge in [-0.05, 0) is 19.3 Å². The highest BCUT2D eigenvalue weighted by Gasteiger charge is 2.25. The normalized spacial score (nSPS) is 31.5. The third-order valence-corrected chi connectivity index (χ3v) is 3.71. The van der Waals surface area contributed by atoms with Gasteiger partial charge in [0.2, 0.25) is 0 Å². The van der Waals surface area contributed by atoms with Crippen LogP contribution in [0.25, 0.3) is 0 Å². The Bertz CT molecular complexity index is 267. The van der Waals surface area contributed by atoms with Crippen molar-refractivity contribution in [3.8, 4) is 0 Å². The Hall–Kier alpha value is -0.830. The van der Waals surface area contributed by atoms with Gasteiger partial charge in [-0.25, -0.2) is 0 Å². The van der Waals surface area contributed by atoms with Crippen LogP contribution < -0.4 is 5.32 Å². The van der Waals surface area contributed by atoms with E-state index in [-0.39, 0.29) is 12.0 Å². The van der Waals surface area contributed by atoms with Gasteiger partial charge in [-0.2, -0.15) is 0 Å². The van der Waals surface area contributed by atoms with E-state index in [1.807, 2.05) is 12.2 Å². The summed E-state index contributed by atoms with van der Waals surface area (Å²) in [6.45, 7) is 0. The number of rotatable bonds is 3. The second-order valence-electron chi connectivity index (χ2n) is 5.03. The fourth-order valence-electron chi connectivity index (χ4n) is 2.75. The molecule has 2 rings (SSSR count). The molecular formula is C13H21NO2. The fourth-order valence-corrected chi connectivity index (χ4v) is 2.75. The van der Waals surface area contributed by atoms with Gasteiger partial charge in [-0.3, -0.25) is 4.79 Å². The molecule has 2 N–H and O–H groups in total. The summed E-state index contributed by atoms with van der Waals surface area (Å²) in [6, 6.07) is 0.883. The van der Waals surface area contributed by atoms with Crippen LogP contribution in [0, 0.1) is 5.92 Å². The molecule has 0 aromatic heterocycles. The molecule has 2 unspecified atom stereocenters. The number of carboxylic acid groups (broad SMARTS) is 1. The molecule has 0 amide bonds. The van der Waals surface area contributed by atoms with Gasteiger partial charge in [-0.15, -0.1) is 0 Å². The van der Waals surface area contributed by atoms with Gasteiger partial charge in [0.1, 0.15) is 0 Å². The first-order chi connectivity index (χ1) is 7.75. The summed E-state index contributed by atoms with van der Waals surface area (Å²) in [7, 11) is 0. The lowest BCUT2D eigenvalue weighted by atomic mass is 10.1. The standard InChI is InChI=1S/C13H21NO2/c15-13(16)10-7-8-12(9-10)14-11-5-3-1-2-4-6-11/h7-8,10-12,14H,1-6,9H2,(H,15,16). The second kappa shape index (κ2) is 5.48. The van der Waals surface area contributed by atoms with Gasteiger partial charge in [0.25, 0.3) is 0 Å². The summed E-state index contributed by atoms with van der Waals surface area (Å²) in [5.74, 6) is -0.968. The molecule has 1 fully saturated rings. The van der Waals surface area contributed by atoms with Crippen LogP contribution in [0.4, 0.5) is 0 Å². The van der Waals surface area contributed by atoms with Crippen LogP contribution in [0.1, 0.15) is 44.9 Å². The summed E-state index contributed by atoms with van der Waals surface area (Å²) in [6.07, 6.45) is 12.4. The van der Waals surface area contributed by atoms with Gasteiger partial charge in [0.15, 0.2) is 0 Å². The smallest absolute Gasteiger partial charge is 0.310 e. The Balaban J connectivity index is 1.78. The highest BCUT2D eigenvalue weighted by atomic mass is 16.4. The molecule has 0 spiro atoms. The minimum atomic E-state index is -0.693. The number of carboxylic acids is 1. The number of carbonyl (C=O) groups is 1. The van der Waals surface area contributed by atoms with Gasteiger partial charge in [0, 0.05) is 12.1 Å². The molecule has 0 saturated heterocycles. The molecule has 0 bridgehead atoms. The lowest BCUT2D eigenvalue weighted by Crippen LogP contribution is -2.36. The zero-order valence-corrected chi connectivity index (χ0v) is 9.69. The minimum absolute atomic E-state index is 0.275. The highest BCUT2D eigenvalue weighted by Crippen LogP contribution is 2.22. The molecular weight excluding hydrogens is 202 g/mol. The van der Waals surface area contributed by atoms with Gasteiger partial charge in [0.05, 0.1) is 5.92 Å². The topological polar surface area (TPSA) is 49.3 Å². The molecule has 2 aliphatic carbocycles. The molecule has 0 aromatic rings. The monoisotopic (exact) mass is 223 g/mol. The van der Waals surface area contributed by atoms with Crippen LogP contribution >= 0.6 is 0 Å². The van der Waals surface area contributed by atoms with Gasteiger partial charge in [-0.1, -0.05) is 37.8 Å². The van der Waals surface area contributed by atoms with Crippen LogP contribution in [-0.2, 0) is 4.79 Å². The molecule has 0 aliphatic heterocycles. The zero-order chi connectivity index (χ0) is 11.4. The van der Waals surface area contributed by atoms with Gasteiger partial charge >= 0.3 is 5.97 Å². The van der Waals surface area contributed by atoms with Gasteiger partial charge < -0.3 is 10.4 Å². The summed E-state index contributed by atoms with van der Waals surface area (Å²) >= 11 is 0. The Morgan fingerprint density at radius 3 is 2.38 bits per heavy atom. The lowest BCUT2D eigenvalue weighted by molar-refractivity contribution is -0.140. The molecule has 0 radical (unpaired) electrons. The minimum Gasteiger partial charge on any atom is -0.481 e. The lowest BCUT2D eigenvalue weighted by Gasteiger charge is -2.20. The predicted octanol–water partition coefficient (Wildman–Crippen LogP) is 2.33. The Morgan fingerprint density at radius 1 is 1.12 bits per heavy atom. The summed E-state index contributed by atoms with van der Waals surface area (Å²) < 4.78 is 0. The van der Waals surface area contributed by atoms with Crippen LogP contribution in [0.3, 0.4) is 0 Å². The molecule has 16 heavy (non-hydrogen) atoms. The molecule has 2 aliphatic rings. The number of aliphatic carboxylic acids is 1. The third kappa shape index (κ3) is 3.08. The van der Waals surface area contributed by atoms with E-state index in [2.05, 4.69) is 5.32 Å². The average molecular weight is 223 g/mol. The quantitative estimate of drug-likeness (QED) is 0.570. The fraction of sp³-hybridized carbons (Fsp3) is 0.769. The van der Waals surface area contributed by atoms with Crippen molar-refractivity contribution in [2.75, 3.05) is 0 Å². The molecule has 3 heteroatoms. The van der Waals surface area contributed by atoms with Crippen molar-refractivity contribution in [2.45, 2.75) is 57.0 Å². The van der Waals surface area contributed by atoms with Crippen LogP contribution in [0.2, 0.25) is 0 Å². The number of hydrogen-bond acceptors (Lipinski definition) is 2. The maximum Gasteiger partial charge on any atom is 0.310 e. The molecule has 1 saturated carbocycles. The largest absolute Gasteiger partial charge is 0.481 e. The molecule has 2 atom stereocenters. The summed E-state index contributed by atoms with van der Waals surface area (Å²) in [5.41, 5.74) is 0. The highest BCUT2D eigenvalue weighted by molar-refractivity contribution is 5.73. The van der Waals surface area contributed by atoms with E-state index in [9.17, 15) is 4.79 Å². The zero-order valence-electron chi connectivity index (χ0n) is 9.69. The van der Waals surface area contributed by atoms with Crippen molar-refractivity contribution < 1.29 is 9.90 Å². The van der Waals surface area contributed by atoms with Crippen molar-refractivity contribution in [3.63, 3.8) is 0 Å². The van der Waals surface area contributed by atoms with E-state index in [0.29, 0.717) is 6.04 Å². The molecule has 3 nitrogen and oxygen atoms in total. The van der Waals surface area contributed by atoms with Crippen molar-refractivity contribution in [3.05, 3.63) is 12.2 Å². The van der Waals surface area contributed by atoms with E-state index >= 15 is 0 Å². The Morgan fingerprint density at radius 2 is 1.81 bits per heavy atom. The molecule has 0 heterocycles. The van der Waals surface area contributed by atoms with E-state index in [1.54, 1.807) is 0 Å².